The predicted molar refractivity (Wildman–Crippen MR) is 82.4 cm³/mol. The number of rotatable bonds is 5. The van der Waals surface area contributed by atoms with Crippen LogP contribution in [0.25, 0.3) is 0 Å². The van der Waals surface area contributed by atoms with Gasteiger partial charge in [-0.1, -0.05) is 6.92 Å². The van der Waals surface area contributed by atoms with E-state index < -0.39 is 6.04 Å². The van der Waals surface area contributed by atoms with E-state index in [9.17, 15) is 9.59 Å². The van der Waals surface area contributed by atoms with Crippen LogP contribution in [-0.2, 0) is 9.59 Å². The first-order valence-electron chi connectivity index (χ1n) is 8.04. The van der Waals surface area contributed by atoms with E-state index in [-0.39, 0.29) is 11.8 Å². The van der Waals surface area contributed by atoms with Crippen LogP contribution >= 0.6 is 0 Å². The van der Waals surface area contributed by atoms with Crippen molar-refractivity contribution in [3.63, 3.8) is 0 Å². The average Bonchev–Trinajstić information content (AvgIpc) is 3.23. The van der Waals surface area contributed by atoms with E-state index in [1.807, 2.05) is 19.9 Å². The third kappa shape index (κ3) is 3.10. The number of amides is 2. The van der Waals surface area contributed by atoms with Gasteiger partial charge in [-0.3, -0.25) is 9.59 Å². The largest absolute Gasteiger partial charge is 0.331 e. The SMILES string of the molecule is CC[C@H](C(=O)Nc1cc(C2CC2)nc(C)n1)N1CCCC1=O. The van der Waals surface area contributed by atoms with Crippen molar-refractivity contribution in [1.82, 2.24) is 14.9 Å². The minimum absolute atomic E-state index is 0.0690. The fourth-order valence-corrected chi connectivity index (χ4v) is 3.00. The molecule has 0 radical (unpaired) electrons. The number of nitrogens with one attached hydrogen (secondary N) is 1. The van der Waals surface area contributed by atoms with Crippen LogP contribution in [0, 0.1) is 6.92 Å². The molecule has 6 nitrogen and oxygen atoms in total. The lowest BCUT2D eigenvalue weighted by Gasteiger charge is -2.25. The molecule has 118 valence electrons. The lowest BCUT2D eigenvalue weighted by atomic mass is 10.2. The topological polar surface area (TPSA) is 75.2 Å². The number of aryl methyl sites for hydroxylation is 1. The molecule has 6 heteroatoms. The highest BCUT2D eigenvalue weighted by atomic mass is 16.2. The molecular formula is C16H22N4O2. The van der Waals surface area contributed by atoms with Crippen LogP contribution in [0.2, 0.25) is 0 Å². The third-order valence-electron chi connectivity index (χ3n) is 4.28. The minimum atomic E-state index is -0.408. The first-order chi connectivity index (χ1) is 10.6. The Balaban J connectivity index is 1.73. The van der Waals surface area contributed by atoms with Crippen LogP contribution in [0.3, 0.4) is 0 Å². The van der Waals surface area contributed by atoms with Gasteiger partial charge in [0.05, 0.1) is 0 Å². The van der Waals surface area contributed by atoms with Gasteiger partial charge in [0.2, 0.25) is 11.8 Å². The molecular weight excluding hydrogens is 280 g/mol. The van der Waals surface area contributed by atoms with E-state index in [2.05, 4.69) is 15.3 Å². The number of hydrogen-bond acceptors (Lipinski definition) is 4. The summed E-state index contributed by atoms with van der Waals surface area (Å²) in [6.45, 7) is 4.43. The molecule has 1 aliphatic heterocycles. The van der Waals surface area contributed by atoms with Crippen LogP contribution < -0.4 is 5.32 Å². The highest BCUT2D eigenvalue weighted by molar-refractivity contribution is 5.96. The second-order valence-corrected chi connectivity index (χ2v) is 6.10. The fourth-order valence-electron chi connectivity index (χ4n) is 3.00. The molecule has 0 spiro atoms. The van der Waals surface area contributed by atoms with Gasteiger partial charge in [0.15, 0.2) is 0 Å². The van der Waals surface area contributed by atoms with Gasteiger partial charge < -0.3 is 10.2 Å². The Bertz CT molecular complexity index is 598. The van der Waals surface area contributed by atoms with Gasteiger partial charge in [0.1, 0.15) is 17.7 Å². The lowest BCUT2D eigenvalue weighted by molar-refractivity contribution is -0.135. The minimum Gasteiger partial charge on any atom is -0.331 e. The van der Waals surface area contributed by atoms with Crippen molar-refractivity contribution < 1.29 is 9.59 Å². The van der Waals surface area contributed by atoms with Crippen LogP contribution in [0.15, 0.2) is 6.07 Å². The van der Waals surface area contributed by atoms with Gasteiger partial charge in [0.25, 0.3) is 0 Å². The zero-order valence-electron chi connectivity index (χ0n) is 13.1. The van der Waals surface area contributed by atoms with Gasteiger partial charge in [-0.15, -0.1) is 0 Å². The molecule has 1 saturated carbocycles. The molecule has 2 amide bonds. The number of anilines is 1. The summed E-state index contributed by atoms with van der Waals surface area (Å²) in [5.74, 6) is 1.64. The van der Waals surface area contributed by atoms with E-state index in [0.717, 1.165) is 25.0 Å². The molecule has 3 rings (SSSR count). The van der Waals surface area contributed by atoms with E-state index in [0.29, 0.717) is 36.9 Å². The summed E-state index contributed by atoms with van der Waals surface area (Å²) < 4.78 is 0. The van der Waals surface area contributed by atoms with Crippen LogP contribution in [0.1, 0.15) is 56.5 Å². The lowest BCUT2D eigenvalue weighted by Crippen LogP contribution is -2.44. The maximum Gasteiger partial charge on any atom is 0.248 e. The zero-order chi connectivity index (χ0) is 15.7. The van der Waals surface area contributed by atoms with Gasteiger partial charge in [-0.05, 0) is 32.6 Å². The third-order valence-corrected chi connectivity index (χ3v) is 4.28. The molecule has 1 aromatic heterocycles. The van der Waals surface area contributed by atoms with Gasteiger partial charge in [0, 0.05) is 30.6 Å². The van der Waals surface area contributed by atoms with Crippen molar-refractivity contribution in [2.24, 2.45) is 0 Å². The van der Waals surface area contributed by atoms with Crippen molar-refractivity contribution in [2.45, 2.75) is 57.9 Å². The monoisotopic (exact) mass is 302 g/mol. The Labute approximate surface area is 130 Å². The number of nitrogens with zero attached hydrogens (tertiary/aromatic N) is 3. The fraction of sp³-hybridized carbons (Fsp3) is 0.625. The van der Waals surface area contributed by atoms with Gasteiger partial charge in [-0.25, -0.2) is 9.97 Å². The van der Waals surface area contributed by atoms with Crippen molar-refractivity contribution in [1.29, 1.82) is 0 Å². The molecule has 2 fully saturated rings. The molecule has 1 saturated heterocycles. The Morgan fingerprint density at radius 3 is 2.82 bits per heavy atom. The summed E-state index contributed by atoms with van der Waals surface area (Å²) in [6, 6.07) is 1.45. The maximum absolute atomic E-state index is 12.5. The number of hydrogen-bond donors (Lipinski definition) is 1. The first-order valence-corrected chi connectivity index (χ1v) is 8.04. The molecule has 0 bridgehead atoms. The predicted octanol–water partition coefficient (Wildman–Crippen LogP) is 2.00. The Morgan fingerprint density at radius 1 is 1.45 bits per heavy atom. The molecule has 1 N–H and O–H groups in total. The quantitative estimate of drug-likeness (QED) is 0.902. The van der Waals surface area contributed by atoms with Crippen molar-refractivity contribution in [3.05, 3.63) is 17.6 Å². The Hall–Kier alpha value is -1.98. The first kappa shape index (κ1) is 14.9. The molecule has 1 aliphatic carbocycles. The Morgan fingerprint density at radius 2 is 2.23 bits per heavy atom. The molecule has 0 aromatic carbocycles. The zero-order valence-corrected chi connectivity index (χ0v) is 13.1. The highest BCUT2D eigenvalue weighted by Crippen LogP contribution is 2.39. The molecule has 2 heterocycles. The van der Waals surface area contributed by atoms with Gasteiger partial charge >= 0.3 is 0 Å². The number of carbonyl (C=O) groups excluding carboxylic acids is 2. The van der Waals surface area contributed by atoms with Crippen molar-refractivity contribution in [3.8, 4) is 0 Å². The Kier molecular flexibility index (Phi) is 4.09. The second-order valence-electron chi connectivity index (χ2n) is 6.10. The summed E-state index contributed by atoms with van der Waals surface area (Å²) in [7, 11) is 0. The molecule has 0 unspecified atom stereocenters. The van der Waals surface area contributed by atoms with Crippen LogP contribution in [0.4, 0.5) is 5.82 Å². The summed E-state index contributed by atoms with van der Waals surface area (Å²) in [5, 5.41) is 2.87. The average molecular weight is 302 g/mol. The number of aromatic nitrogens is 2. The second kappa shape index (κ2) is 6.02. The smallest absolute Gasteiger partial charge is 0.248 e. The van der Waals surface area contributed by atoms with E-state index >= 15 is 0 Å². The molecule has 1 aromatic rings. The van der Waals surface area contributed by atoms with Crippen molar-refractivity contribution >= 4 is 17.6 Å². The number of likely N-dealkylation sites (tertiary alicyclic amines) is 1. The van der Waals surface area contributed by atoms with E-state index in [4.69, 9.17) is 0 Å². The highest BCUT2D eigenvalue weighted by Gasteiger charge is 2.32. The number of carbonyl (C=O) groups is 2. The molecule has 2 aliphatic rings. The summed E-state index contributed by atoms with van der Waals surface area (Å²) in [4.78, 5) is 34.8. The maximum atomic E-state index is 12.5. The summed E-state index contributed by atoms with van der Waals surface area (Å²) in [5.41, 5.74) is 1.01. The van der Waals surface area contributed by atoms with Crippen LogP contribution in [0.5, 0.6) is 0 Å². The molecule has 1 atom stereocenters. The van der Waals surface area contributed by atoms with E-state index in [1.54, 1.807) is 4.90 Å². The van der Waals surface area contributed by atoms with E-state index in [1.165, 1.54) is 0 Å². The standard InChI is InChI=1S/C16H22N4O2/c1-3-13(20-8-4-5-15(20)21)16(22)19-14-9-12(11-6-7-11)17-10(2)18-14/h9,11,13H,3-8H2,1-2H3,(H,17,18,19,22)/t13-/m1/s1. The van der Waals surface area contributed by atoms with Gasteiger partial charge in [-0.2, -0.15) is 0 Å². The normalized spacial score (nSPS) is 19.4. The summed E-state index contributed by atoms with van der Waals surface area (Å²) in [6.07, 6.45) is 4.30. The summed E-state index contributed by atoms with van der Waals surface area (Å²) >= 11 is 0. The van der Waals surface area contributed by atoms with Crippen LogP contribution in [-0.4, -0.2) is 39.3 Å². The van der Waals surface area contributed by atoms with Crippen molar-refractivity contribution in [2.75, 3.05) is 11.9 Å². The molecule has 22 heavy (non-hydrogen) atoms.